The van der Waals surface area contributed by atoms with Crippen LogP contribution in [0, 0.1) is 12.7 Å². The monoisotopic (exact) mass is 438 g/mol. The van der Waals surface area contributed by atoms with Crippen molar-refractivity contribution in [1.29, 1.82) is 0 Å². The van der Waals surface area contributed by atoms with Gasteiger partial charge < -0.3 is 20.3 Å². The van der Waals surface area contributed by atoms with Gasteiger partial charge in [0.1, 0.15) is 5.82 Å². The lowest BCUT2D eigenvalue weighted by molar-refractivity contribution is -0.136. The van der Waals surface area contributed by atoms with Crippen LogP contribution in [0.15, 0.2) is 59.8 Å². The van der Waals surface area contributed by atoms with Crippen molar-refractivity contribution >= 4 is 17.7 Å². The average Bonchev–Trinajstić information content (AvgIpc) is 2.80. The smallest absolute Gasteiger partial charge is 0.338 e. The number of nitrogens with one attached hydrogen (secondary N) is 2. The molecule has 1 saturated heterocycles. The van der Waals surface area contributed by atoms with Gasteiger partial charge in [0.15, 0.2) is 0 Å². The number of benzene rings is 2. The maximum Gasteiger partial charge on any atom is 0.338 e. The highest BCUT2D eigenvalue weighted by Gasteiger charge is 2.34. The third-order valence-corrected chi connectivity index (χ3v) is 5.92. The van der Waals surface area contributed by atoms with E-state index in [2.05, 4.69) is 20.4 Å². The van der Waals surface area contributed by atoms with Gasteiger partial charge >= 0.3 is 12.0 Å². The second-order valence-corrected chi connectivity index (χ2v) is 8.07. The standard InChI is InChI=1S/C24H27FN4O3/c1-16-3-5-17(6-4-16)22-21(23(30)32-2)20(26-24(31)27-22)15-28-11-13-29(14-12-28)19-9-7-18(25)8-10-19/h3-10,22H,11-15H2,1-2H3,(H2,26,27,31)/t22-/m1/s1. The summed E-state index contributed by atoms with van der Waals surface area (Å²) in [6, 6.07) is 13.3. The molecular weight excluding hydrogens is 411 g/mol. The molecule has 2 amide bonds. The molecule has 7 nitrogen and oxygen atoms in total. The van der Waals surface area contributed by atoms with Crippen LogP contribution in [0.1, 0.15) is 17.2 Å². The zero-order valence-corrected chi connectivity index (χ0v) is 18.2. The lowest BCUT2D eigenvalue weighted by Crippen LogP contribution is -2.51. The number of esters is 1. The van der Waals surface area contributed by atoms with Crippen molar-refractivity contribution in [3.8, 4) is 0 Å². The molecule has 1 atom stereocenters. The second-order valence-electron chi connectivity index (χ2n) is 8.07. The first kappa shape index (κ1) is 21.8. The van der Waals surface area contributed by atoms with Gasteiger partial charge in [-0.2, -0.15) is 0 Å². The molecule has 32 heavy (non-hydrogen) atoms. The molecule has 0 saturated carbocycles. The highest BCUT2D eigenvalue weighted by molar-refractivity contribution is 5.95. The number of anilines is 1. The third-order valence-electron chi connectivity index (χ3n) is 5.92. The Morgan fingerprint density at radius 2 is 1.72 bits per heavy atom. The number of halogens is 1. The van der Waals surface area contributed by atoms with Gasteiger partial charge in [-0.05, 0) is 36.8 Å². The van der Waals surface area contributed by atoms with Crippen molar-refractivity contribution < 1.29 is 18.7 Å². The molecular formula is C24H27FN4O3. The minimum atomic E-state index is -0.577. The zero-order valence-electron chi connectivity index (χ0n) is 18.2. The number of nitrogens with zero attached hydrogens (tertiary/aromatic N) is 2. The molecule has 0 unspecified atom stereocenters. The number of ether oxygens (including phenoxy) is 1. The van der Waals surface area contributed by atoms with Crippen LogP contribution in [-0.4, -0.2) is 56.7 Å². The topological polar surface area (TPSA) is 73.9 Å². The lowest BCUT2D eigenvalue weighted by Gasteiger charge is -2.38. The van der Waals surface area contributed by atoms with E-state index in [-0.39, 0.29) is 11.8 Å². The van der Waals surface area contributed by atoms with E-state index < -0.39 is 12.0 Å². The number of rotatable bonds is 5. The SMILES string of the molecule is COC(=O)C1=C(CN2CCN(c3ccc(F)cc3)CC2)NC(=O)N[C@@H]1c1ccc(C)cc1. The summed E-state index contributed by atoms with van der Waals surface area (Å²) in [6.45, 7) is 5.43. The second kappa shape index (κ2) is 9.40. The van der Waals surface area contributed by atoms with Gasteiger partial charge in [-0.15, -0.1) is 0 Å². The molecule has 2 N–H and O–H groups in total. The number of amides is 2. The van der Waals surface area contributed by atoms with Gasteiger partial charge in [-0.25, -0.2) is 14.0 Å². The van der Waals surface area contributed by atoms with E-state index in [9.17, 15) is 14.0 Å². The largest absolute Gasteiger partial charge is 0.466 e. The summed E-state index contributed by atoms with van der Waals surface area (Å²) in [5.41, 5.74) is 3.87. The minimum absolute atomic E-state index is 0.251. The highest BCUT2D eigenvalue weighted by Crippen LogP contribution is 2.28. The van der Waals surface area contributed by atoms with Crippen LogP contribution < -0.4 is 15.5 Å². The molecule has 2 aliphatic rings. The zero-order chi connectivity index (χ0) is 22.7. The first-order chi connectivity index (χ1) is 15.4. The van der Waals surface area contributed by atoms with Crippen LogP contribution in [-0.2, 0) is 9.53 Å². The van der Waals surface area contributed by atoms with Crippen molar-refractivity contribution in [2.24, 2.45) is 0 Å². The average molecular weight is 439 g/mol. The van der Waals surface area contributed by atoms with E-state index in [1.807, 2.05) is 31.2 Å². The fourth-order valence-electron chi connectivity index (χ4n) is 4.14. The number of hydrogen-bond donors (Lipinski definition) is 2. The normalized spacial score (nSPS) is 19.4. The van der Waals surface area contributed by atoms with Crippen LogP contribution in [0.2, 0.25) is 0 Å². The molecule has 0 radical (unpaired) electrons. The maximum absolute atomic E-state index is 13.2. The molecule has 2 aromatic carbocycles. The number of hydrogen-bond acceptors (Lipinski definition) is 5. The number of methoxy groups -OCH3 is 1. The van der Waals surface area contributed by atoms with Crippen LogP contribution in [0.3, 0.4) is 0 Å². The Morgan fingerprint density at radius 1 is 1.06 bits per heavy atom. The third kappa shape index (κ3) is 4.75. The van der Waals surface area contributed by atoms with Crippen LogP contribution in [0.4, 0.5) is 14.9 Å². The fourth-order valence-corrected chi connectivity index (χ4v) is 4.14. The quantitative estimate of drug-likeness (QED) is 0.703. The number of urea groups is 1. The molecule has 2 aromatic rings. The summed E-state index contributed by atoms with van der Waals surface area (Å²) < 4.78 is 18.3. The number of aryl methyl sites for hydroxylation is 1. The van der Waals surface area contributed by atoms with E-state index in [0.29, 0.717) is 17.8 Å². The van der Waals surface area contributed by atoms with Crippen molar-refractivity contribution in [2.45, 2.75) is 13.0 Å². The maximum atomic E-state index is 13.2. The van der Waals surface area contributed by atoms with E-state index >= 15 is 0 Å². The molecule has 4 rings (SSSR count). The van der Waals surface area contributed by atoms with Crippen molar-refractivity contribution in [3.63, 3.8) is 0 Å². The summed E-state index contributed by atoms with van der Waals surface area (Å²) in [5.74, 6) is -0.720. The molecule has 168 valence electrons. The van der Waals surface area contributed by atoms with Crippen LogP contribution in [0.25, 0.3) is 0 Å². The predicted molar refractivity (Wildman–Crippen MR) is 120 cm³/mol. The van der Waals surface area contributed by atoms with Crippen molar-refractivity contribution in [2.75, 3.05) is 44.7 Å². The lowest BCUT2D eigenvalue weighted by atomic mass is 9.94. The molecule has 8 heteroatoms. The van der Waals surface area contributed by atoms with Crippen LogP contribution >= 0.6 is 0 Å². The summed E-state index contributed by atoms with van der Waals surface area (Å²) in [5, 5.41) is 5.67. The molecule has 0 aliphatic carbocycles. The van der Waals surface area contributed by atoms with Gasteiger partial charge in [0.05, 0.1) is 18.7 Å². The van der Waals surface area contributed by atoms with E-state index in [1.54, 1.807) is 12.1 Å². The summed E-state index contributed by atoms with van der Waals surface area (Å²) in [7, 11) is 1.34. The van der Waals surface area contributed by atoms with Gasteiger partial charge in [0, 0.05) is 44.1 Å². The number of carbonyl (C=O) groups excluding carboxylic acids is 2. The predicted octanol–water partition coefficient (Wildman–Crippen LogP) is 2.74. The summed E-state index contributed by atoms with van der Waals surface area (Å²) in [6.07, 6.45) is 0. The number of piperazine rings is 1. The van der Waals surface area contributed by atoms with Crippen molar-refractivity contribution in [3.05, 3.63) is 76.7 Å². The van der Waals surface area contributed by atoms with E-state index in [1.165, 1.54) is 19.2 Å². The van der Waals surface area contributed by atoms with E-state index in [4.69, 9.17) is 4.74 Å². The van der Waals surface area contributed by atoms with Crippen LogP contribution in [0.5, 0.6) is 0 Å². The molecule has 1 fully saturated rings. The van der Waals surface area contributed by atoms with Gasteiger partial charge in [-0.1, -0.05) is 29.8 Å². The Morgan fingerprint density at radius 3 is 2.34 bits per heavy atom. The Kier molecular flexibility index (Phi) is 6.41. The first-order valence-electron chi connectivity index (χ1n) is 10.6. The van der Waals surface area contributed by atoms with Gasteiger partial charge in [0.2, 0.25) is 0 Å². The fraction of sp³-hybridized carbons (Fsp3) is 0.333. The van der Waals surface area contributed by atoms with Crippen molar-refractivity contribution in [1.82, 2.24) is 15.5 Å². The van der Waals surface area contributed by atoms with Gasteiger partial charge in [-0.3, -0.25) is 4.90 Å². The Bertz CT molecular complexity index is 1010. The molecule has 0 aromatic heterocycles. The Hall–Kier alpha value is -3.39. The Balaban J connectivity index is 1.53. The minimum Gasteiger partial charge on any atom is -0.466 e. The summed E-state index contributed by atoms with van der Waals surface area (Å²) in [4.78, 5) is 29.5. The van der Waals surface area contributed by atoms with Gasteiger partial charge in [0.25, 0.3) is 0 Å². The summed E-state index contributed by atoms with van der Waals surface area (Å²) >= 11 is 0. The highest BCUT2D eigenvalue weighted by atomic mass is 19.1. The molecule has 0 spiro atoms. The first-order valence-corrected chi connectivity index (χ1v) is 10.6. The Labute approximate surface area is 186 Å². The molecule has 2 aliphatic heterocycles. The number of carbonyl (C=O) groups is 2. The molecule has 0 bridgehead atoms. The molecule has 2 heterocycles. The van der Waals surface area contributed by atoms with E-state index in [0.717, 1.165) is 43.0 Å².